The highest BCUT2D eigenvalue weighted by Crippen LogP contribution is 2.37. The van der Waals surface area contributed by atoms with Gasteiger partial charge in [-0.25, -0.2) is 4.85 Å². The number of nitrogens with zero attached hydrogens (tertiary/aromatic N) is 5. The van der Waals surface area contributed by atoms with Crippen LogP contribution in [0.2, 0.25) is 5.02 Å². The first-order chi connectivity index (χ1) is 17.4. The van der Waals surface area contributed by atoms with Crippen molar-refractivity contribution in [1.29, 1.82) is 0 Å². The molecule has 0 aliphatic carbocycles. The van der Waals surface area contributed by atoms with E-state index >= 15 is 0 Å². The van der Waals surface area contributed by atoms with Crippen molar-refractivity contribution in [1.82, 2.24) is 14.7 Å². The fourth-order valence-electron chi connectivity index (χ4n) is 4.26. The van der Waals surface area contributed by atoms with E-state index in [1.54, 1.807) is 16.8 Å². The lowest BCUT2D eigenvalue weighted by atomic mass is 10.0. The van der Waals surface area contributed by atoms with Crippen LogP contribution in [0.25, 0.3) is 16.1 Å². The maximum absolute atomic E-state index is 13.3. The minimum Gasteiger partial charge on any atom is -0.378 e. The molecule has 0 saturated heterocycles. The number of aromatic nitrogens is 2. The second-order valence-electron chi connectivity index (χ2n) is 8.80. The first-order valence-electron chi connectivity index (χ1n) is 11.1. The van der Waals surface area contributed by atoms with Crippen LogP contribution in [-0.2, 0) is 30.5 Å². The monoisotopic (exact) mass is 530 g/mol. The topological polar surface area (TPSA) is 88.8 Å². The molecule has 2 aromatic carbocycles. The zero-order valence-corrected chi connectivity index (χ0v) is 20.7. The maximum Gasteiger partial charge on any atom is 0.407 e. The molecule has 2 heterocycles. The third-order valence-corrected chi connectivity index (χ3v) is 6.31. The third-order valence-electron chi connectivity index (χ3n) is 6.09. The van der Waals surface area contributed by atoms with Gasteiger partial charge in [0, 0.05) is 36.9 Å². The van der Waals surface area contributed by atoms with Crippen molar-refractivity contribution in [3.05, 3.63) is 75.2 Å². The van der Waals surface area contributed by atoms with E-state index in [0.29, 0.717) is 22.0 Å². The van der Waals surface area contributed by atoms with Crippen molar-refractivity contribution >= 4 is 34.8 Å². The standard InChI is InChI=1S/C25H22ClF3N6O2/c1-31-19-5-4-14(8-18(19)25(27,28)29)9-21(36)34-6-7-35-20(13-34)22(24(30)37)23(32-35)15-10-16(26)12-17(11-15)33(2)3/h4-5,8,10-12H,6-7,9,13H2,2-3H3,(H2,30,37). The highest BCUT2D eigenvalue weighted by molar-refractivity contribution is 6.31. The number of anilines is 1. The highest BCUT2D eigenvalue weighted by atomic mass is 35.5. The number of nitrogens with two attached hydrogens (primary N) is 1. The Morgan fingerprint density at radius 2 is 1.92 bits per heavy atom. The number of halogens is 4. The van der Waals surface area contributed by atoms with Crippen LogP contribution in [0.3, 0.4) is 0 Å². The molecule has 1 aromatic heterocycles. The summed E-state index contributed by atoms with van der Waals surface area (Å²) in [7, 11) is 3.69. The zero-order valence-electron chi connectivity index (χ0n) is 19.9. The molecule has 192 valence electrons. The smallest absolute Gasteiger partial charge is 0.378 e. The molecule has 0 radical (unpaired) electrons. The number of alkyl halides is 3. The van der Waals surface area contributed by atoms with Crippen molar-refractivity contribution in [3.8, 4) is 11.3 Å². The van der Waals surface area contributed by atoms with Crippen LogP contribution in [0.4, 0.5) is 24.5 Å². The van der Waals surface area contributed by atoms with Gasteiger partial charge in [-0.2, -0.15) is 18.3 Å². The molecule has 2 amide bonds. The van der Waals surface area contributed by atoms with Gasteiger partial charge in [-0.3, -0.25) is 14.3 Å². The lowest BCUT2D eigenvalue weighted by molar-refractivity contribution is -0.137. The fraction of sp³-hybridized carbons (Fsp3) is 0.280. The van der Waals surface area contributed by atoms with Gasteiger partial charge in [0.2, 0.25) is 5.91 Å². The van der Waals surface area contributed by atoms with Crippen LogP contribution in [0, 0.1) is 6.57 Å². The van der Waals surface area contributed by atoms with Gasteiger partial charge in [0.25, 0.3) is 5.91 Å². The van der Waals surface area contributed by atoms with Crippen LogP contribution in [-0.4, -0.2) is 47.1 Å². The van der Waals surface area contributed by atoms with Crippen LogP contribution in [0.5, 0.6) is 0 Å². The van der Waals surface area contributed by atoms with Gasteiger partial charge in [-0.15, -0.1) is 0 Å². The summed E-state index contributed by atoms with van der Waals surface area (Å²) >= 11 is 6.29. The van der Waals surface area contributed by atoms with Crippen LogP contribution in [0.1, 0.15) is 27.2 Å². The number of benzene rings is 2. The summed E-state index contributed by atoms with van der Waals surface area (Å²) in [6.07, 6.45) is -5.01. The van der Waals surface area contributed by atoms with Crippen molar-refractivity contribution < 1.29 is 22.8 Å². The van der Waals surface area contributed by atoms with E-state index in [0.717, 1.165) is 17.8 Å². The molecular weight excluding hydrogens is 509 g/mol. The van der Waals surface area contributed by atoms with Crippen LogP contribution in [0.15, 0.2) is 36.4 Å². The third kappa shape index (κ3) is 5.24. The summed E-state index contributed by atoms with van der Waals surface area (Å²) < 4.78 is 41.6. The van der Waals surface area contributed by atoms with Gasteiger partial charge in [0.1, 0.15) is 5.69 Å². The van der Waals surface area contributed by atoms with Gasteiger partial charge in [-0.05, 0) is 23.8 Å². The maximum atomic E-state index is 13.3. The van der Waals surface area contributed by atoms with Crippen molar-refractivity contribution in [2.24, 2.45) is 5.73 Å². The minimum absolute atomic E-state index is 0.0114. The summed E-state index contributed by atoms with van der Waals surface area (Å²) in [5.41, 5.74) is 6.56. The predicted molar refractivity (Wildman–Crippen MR) is 132 cm³/mol. The normalized spacial score (nSPS) is 13.2. The van der Waals surface area contributed by atoms with E-state index < -0.39 is 29.2 Å². The van der Waals surface area contributed by atoms with E-state index in [1.165, 1.54) is 11.0 Å². The Morgan fingerprint density at radius 3 is 2.54 bits per heavy atom. The molecule has 37 heavy (non-hydrogen) atoms. The molecule has 4 rings (SSSR count). The fourth-order valence-corrected chi connectivity index (χ4v) is 4.49. The van der Waals surface area contributed by atoms with Crippen molar-refractivity contribution in [2.75, 3.05) is 25.5 Å². The minimum atomic E-state index is -4.71. The number of carbonyl (C=O) groups is 2. The number of hydrogen-bond donors (Lipinski definition) is 1. The molecule has 12 heteroatoms. The Kier molecular flexibility index (Phi) is 6.88. The predicted octanol–water partition coefficient (Wildman–Crippen LogP) is 4.52. The van der Waals surface area contributed by atoms with Gasteiger partial charge < -0.3 is 15.5 Å². The molecule has 1 aliphatic rings. The molecule has 0 saturated carbocycles. The van der Waals surface area contributed by atoms with E-state index in [2.05, 4.69) is 9.94 Å². The average molecular weight is 531 g/mol. The van der Waals surface area contributed by atoms with E-state index in [9.17, 15) is 22.8 Å². The summed E-state index contributed by atoms with van der Waals surface area (Å²) in [4.78, 5) is 31.7. The Labute approximate surface area is 215 Å². The molecule has 0 bridgehead atoms. The largest absolute Gasteiger partial charge is 0.407 e. The summed E-state index contributed by atoms with van der Waals surface area (Å²) in [5, 5.41) is 5.01. The number of amides is 2. The second-order valence-corrected chi connectivity index (χ2v) is 9.24. The first-order valence-corrected chi connectivity index (χ1v) is 11.5. The molecule has 0 spiro atoms. The Hall–Kier alpha value is -4.04. The molecule has 2 N–H and O–H groups in total. The molecule has 8 nitrogen and oxygen atoms in total. The second kappa shape index (κ2) is 9.78. The van der Waals surface area contributed by atoms with Gasteiger partial charge in [0.05, 0.1) is 42.9 Å². The molecular formula is C25H22ClF3N6O2. The molecule has 0 fully saturated rings. The van der Waals surface area contributed by atoms with Crippen molar-refractivity contribution in [2.45, 2.75) is 25.7 Å². The van der Waals surface area contributed by atoms with E-state index in [1.807, 2.05) is 25.1 Å². The molecule has 0 unspecified atom stereocenters. The SMILES string of the molecule is [C-]#[N+]c1ccc(CC(=O)N2CCn3nc(-c4cc(Cl)cc(N(C)C)c4)c(C(N)=O)c3C2)cc1C(F)(F)F. The number of primary amides is 1. The number of hydrogen-bond acceptors (Lipinski definition) is 4. The summed E-state index contributed by atoms with van der Waals surface area (Å²) in [6.45, 7) is 7.49. The highest BCUT2D eigenvalue weighted by Gasteiger charge is 2.34. The van der Waals surface area contributed by atoms with Crippen molar-refractivity contribution in [3.63, 3.8) is 0 Å². The summed E-state index contributed by atoms with van der Waals surface area (Å²) in [6, 6.07) is 8.48. The van der Waals surface area contributed by atoms with Crippen LogP contribution < -0.4 is 10.6 Å². The lowest BCUT2D eigenvalue weighted by Gasteiger charge is -2.28. The van der Waals surface area contributed by atoms with Gasteiger partial charge >= 0.3 is 6.18 Å². The quantitative estimate of drug-likeness (QED) is 0.491. The molecule has 1 aliphatic heterocycles. The Morgan fingerprint density at radius 1 is 1.19 bits per heavy atom. The average Bonchev–Trinajstić information content (AvgIpc) is 3.22. The number of rotatable bonds is 5. The Bertz CT molecular complexity index is 1440. The van der Waals surface area contributed by atoms with E-state index in [-0.39, 0.29) is 37.2 Å². The number of carbonyl (C=O) groups excluding carboxylic acids is 2. The van der Waals surface area contributed by atoms with Gasteiger partial charge in [-0.1, -0.05) is 29.8 Å². The number of fused-ring (bicyclic) bond motifs is 1. The van der Waals surface area contributed by atoms with E-state index in [4.69, 9.17) is 23.9 Å². The van der Waals surface area contributed by atoms with Crippen LogP contribution >= 0.6 is 11.6 Å². The Balaban J connectivity index is 1.64. The molecule has 0 atom stereocenters. The summed E-state index contributed by atoms with van der Waals surface area (Å²) in [5.74, 6) is -1.15. The zero-order chi connectivity index (χ0) is 27.1. The lowest BCUT2D eigenvalue weighted by Crippen LogP contribution is -2.40. The van der Waals surface area contributed by atoms with Gasteiger partial charge in [0.15, 0.2) is 5.69 Å². The molecule has 3 aromatic rings. The first kappa shape index (κ1) is 26.0.